The van der Waals surface area contributed by atoms with E-state index in [2.05, 4.69) is 106 Å². The summed E-state index contributed by atoms with van der Waals surface area (Å²) in [5, 5.41) is 31.6. The van der Waals surface area contributed by atoms with Gasteiger partial charge in [-0.15, -0.1) is 0 Å². The summed E-state index contributed by atoms with van der Waals surface area (Å²) in [5.41, 5.74) is 0. The van der Waals surface area contributed by atoms with Crippen LogP contribution in [0.5, 0.6) is 0 Å². The Bertz CT molecular complexity index is 1730. The predicted octanol–water partition coefficient (Wildman–Crippen LogP) is 17.5. The van der Waals surface area contributed by atoms with Crippen molar-refractivity contribution in [3.63, 3.8) is 0 Å². The number of carboxylic acid groups (broad SMARTS) is 1. The number of allylic oxidation sites excluding steroid dienone is 14. The first-order valence-electron chi connectivity index (χ1n) is 32.6. The van der Waals surface area contributed by atoms with Gasteiger partial charge < -0.3 is 39.0 Å². The normalized spacial score (nSPS) is 18.3. The predicted molar refractivity (Wildman–Crippen MR) is 331 cm³/mol. The van der Waals surface area contributed by atoms with Gasteiger partial charge in [0.25, 0.3) is 0 Å². The van der Waals surface area contributed by atoms with Gasteiger partial charge in [0, 0.05) is 19.3 Å². The molecule has 0 bridgehead atoms. The third-order valence-corrected chi connectivity index (χ3v) is 14.4. The maximum atomic E-state index is 13.2. The van der Waals surface area contributed by atoms with Crippen molar-refractivity contribution in [1.29, 1.82) is 0 Å². The lowest BCUT2D eigenvalue weighted by atomic mass is 9.98. The van der Waals surface area contributed by atoms with Gasteiger partial charge in [-0.05, 0) is 116 Å². The zero-order valence-corrected chi connectivity index (χ0v) is 51.3. The smallest absolute Gasteiger partial charge is 0.335 e. The van der Waals surface area contributed by atoms with Crippen LogP contribution in [0.1, 0.15) is 278 Å². The zero-order chi connectivity index (χ0) is 58.9. The van der Waals surface area contributed by atoms with E-state index in [-0.39, 0.29) is 25.9 Å². The topological polar surface area (TPSA) is 175 Å². The Kier molecular flexibility index (Phi) is 52.1. The molecule has 81 heavy (non-hydrogen) atoms. The maximum Gasteiger partial charge on any atom is 0.335 e. The number of aliphatic hydroxyl groups is 2. The molecule has 0 aromatic heterocycles. The second kappa shape index (κ2) is 56.4. The number of carbonyl (C=O) groups excluding carboxylic acids is 3. The van der Waals surface area contributed by atoms with Gasteiger partial charge in [0.15, 0.2) is 24.6 Å². The molecule has 1 aliphatic rings. The number of aliphatic carboxylic acids is 1. The van der Waals surface area contributed by atoms with Gasteiger partial charge in [0.05, 0.1) is 6.61 Å². The van der Waals surface area contributed by atoms with Gasteiger partial charge in [-0.25, -0.2) is 4.79 Å². The van der Waals surface area contributed by atoms with Gasteiger partial charge in [0.2, 0.25) is 0 Å². The van der Waals surface area contributed by atoms with Gasteiger partial charge in [-0.3, -0.25) is 14.4 Å². The summed E-state index contributed by atoms with van der Waals surface area (Å²) in [6, 6.07) is 0. The van der Waals surface area contributed by atoms with Gasteiger partial charge >= 0.3 is 23.9 Å². The molecule has 12 heteroatoms. The van der Waals surface area contributed by atoms with Crippen LogP contribution in [0.15, 0.2) is 85.1 Å². The van der Waals surface area contributed by atoms with Crippen LogP contribution in [0, 0.1) is 0 Å². The third kappa shape index (κ3) is 46.0. The van der Waals surface area contributed by atoms with Crippen LogP contribution in [0.25, 0.3) is 0 Å². The number of aliphatic hydroxyl groups excluding tert-OH is 2. The van der Waals surface area contributed by atoms with Crippen molar-refractivity contribution < 1.29 is 58.2 Å². The summed E-state index contributed by atoms with van der Waals surface area (Å²) < 4.78 is 28.5. The van der Waals surface area contributed by atoms with E-state index in [1.54, 1.807) is 0 Å². The van der Waals surface area contributed by atoms with Crippen LogP contribution in [0.2, 0.25) is 0 Å². The highest BCUT2D eigenvalue weighted by atomic mass is 16.7. The molecule has 3 N–H and O–H groups in total. The fraction of sp³-hybridized carbons (Fsp3) is 0.739. The second-order valence-electron chi connectivity index (χ2n) is 22.0. The Hall–Kier alpha value is -4.10. The number of carbonyl (C=O) groups is 4. The largest absolute Gasteiger partial charge is 0.479 e. The summed E-state index contributed by atoms with van der Waals surface area (Å²) in [6.07, 6.45) is 61.0. The molecule has 12 nitrogen and oxygen atoms in total. The Morgan fingerprint density at radius 3 is 1.19 bits per heavy atom. The first-order chi connectivity index (χ1) is 39.6. The monoisotopic (exact) mass is 1140 g/mol. The molecule has 0 aromatic carbocycles. The van der Waals surface area contributed by atoms with Crippen LogP contribution >= 0.6 is 0 Å². The lowest BCUT2D eigenvalue weighted by Crippen LogP contribution is -2.61. The third-order valence-electron chi connectivity index (χ3n) is 14.4. The van der Waals surface area contributed by atoms with E-state index >= 15 is 0 Å². The molecule has 1 heterocycles. The van der Waals surface area contributed by atoms with Crippen molar-refractivity contribution in [2.75, 3.05) is 13.2 Å². The van der Waals surface area contributed by atoms with E-state index in [0.29, 0.717) is 19.3 Å². The molecule has 464 valence electrons. The molecule has 0 aliphatic carbocycles. The molecular formula is C69H116O12. The number of carboxylic acids is 1. The molecule has 6 unspecified atom stereocenters. The highest BCUT2D eigenvalue weighted by Gasteiger charge is 2.50. The highest BCUT2D eigenvalue weighted by molar-refractivity contribution is 5.74. The molecule has 1 saturated heterocycles. The van der Waals surface area contributed by atoms with Crippen molar-refractivity contribution in [2.45, 2.75) is 314 Å². The molecular weight excluding hydrogens is 1020 g/mol. The average Bonchev–Trinajstić information content (AvgIpc) is 3.53. The van der Waals surface area contributed by atoms with Gasteiger partial charge in [-0.2, -0.15) is 0 Å². The van der Waals surface area contributed by atoms with E-state index in [0.717, 1.165) is 161 Å². The average molecular weight is 1140 g/mol. The first-order valence-corrected chi connectivity index (χ1v) is 32.6. The second-order valence-corrected chi connectivity index (χ2v) is 22.0. The van der Waals surface area contributed by atoms with Crippen LogP contribution in [-0.4, -0.2) is 89.2 Å². The van der Waals surface area contributed by atoms with E-state index in [1.807, 2.05) is 0 Å². The molecule has 0 aromatic rings. The summed E-state index contributed by atoms with van der Waals surface area (Å²) >= 11 is 0. The van der Waals surface area contributed by atoms with Crippen LogP contribution in [-0.2, 0) is 42.9 Å². The standard InChI is InChI=1S/C69H116O12/c1-4-7-10-13-16-19-22-25-28-31-34-37-40-43-46-49-52-55-61(70)77-58-60(79-62(71)56-53-50-47-44-41-38-35-32-29-26-23-20-17-14-11-8-5-2)59-78-69-67(65(74)64(73)66(81-69)68(75)76)80-63(72)57-54-51-48-45-42-39-36-33-30-27-24-21-18-15-12-9-6-3/h7,10,16-21,25-30,60,64-67,69,73-74H,4-6,8-9,11-15,22-24,31-59H2,1-3H3,(H,75,76)/b10-7-,19-16-,20-17-,21-18-,28-25-,29-26-,30-27-. The van der Waals surface area contributed by atoms with E-state index in [1.165, 1.54) is 57.8 Å². The van der Waals surface area contributed by atoms with Gasteiger partial charge in [0.1, 0.15) is 18.8 Å². The summed E-state index contributed by atoms with van der Waals surface area (Å²) in [4.78, 5) is 51.3. The first kappa shape index (κ1) is 74.9. The molecule has 0 radical (unpaired) electrons. The lowest BCUT2D eigenvalue weighted by molar-refractivity contribution is -0.301. The minimum Gasteiger partial charge on any atom is -0.479 e. The van der Waals surface area contributed by atoms with E-state index in [9.17, 15) is 34.5 Å². The van der Waals surface area contributed by atoms with Crippen molar-refractivity contribution in [3.05, 3.63) is 85.1 Å². The molecule has 6 atom stereocenters. The minimum absolute atomic E-state index is 0.0475. The fourth-order valence-electron chi connectivity index (χ4n) is 9.44. The number of ether oxygens (including phenoxy) is 5. The Morgan fingerprint density at radius 2 is 0.778 bits per heavy atom. The number of unbranched alkanes of at least 4 members (excludes halogenated alkanes) is 27. The van der Waals surface area contributed by atoms with Crippen molar-refractivity contribution in [2.24, 2.45) is 0 Å². The molecule has 0 spiro atoms. The number of hydrogen-bond donors (Lipinski definition) is 3. The SMILES string of the molecule is CC/C=C\C/C=C\C/C=C\CCCCCCCCCC(=O)OCC(COC1OC(C(=O)O)C(O)C(O)C1OC(=O)CCCCCCCCC/C=C\C/C=C\CCCCC)OC(=O)CCCCCCCCC/C=C\C/C=C\CCCCC. The highest BCUT2D eigenvalue weighted by Crippen LogP contribution is 2.27. The van der Waals surface area contributed by atoms with Crippen LogP contribution in [0.3, 0.4) is 0 Å². The molecule has 0 saturated carbocycles. The summed E-state index contributed by atoms with van der Waals surface area (Å²) in [6.45, 7) is 5.84. The summed E-state index contributed by atoms with van der Waals surface area (Å²) in [5.74, 6) is -3.14. The quantitative estimate of drug-likeness (QED) is 0.0228. The molecule has 1 aliphatic heterocycles. The zero-order valence-electron chi connectivity index (χ0n) is 51.3. The summed E-state index contributed by atoms with van der Waals surface area (Å²) in [7, 11) is 0. The Labute approximate surface area is 492 Å². The molecule has 1 rings (SSSR count). The Morgan fingerprint density at radius 1 is 0.420 bits per heavy atom. The van der Waals surface area contributed by atoms with Crippen LogP contribution < -0.4 is 0 Å². The van der Waals surface area contributed by atoms with E-state index < -0.39 is 67.3 Å². The molecule has 1 fully saturated rings. The van der Waals surface area contributed by atoms with Crippen LogP contribution in [0.4, 0.5) is 0 Å². The fourth-order valence-corrected chi connectivity index (χ4v) is 9.44. The van der Waals surface area contributed by atoms with Crippen molar-refractivity contribution >= 4 is 23.9 Å². The Balaban J connectivity index is 2.68. The number of esters is 3. The van der Waals surface area contributed by atoms with Crippen molar-refractivity contribution in [3.8, 4) is 0 Å². The maximum absolute atomic E-state index is 13.2. The lowest BCUT2D eigenvalue weighted by Gasteiger charge is -2.40. The molecule has 0 amide bonds. The van der Waals surface area contributed by atoms with Gasteiger partial charge in [-0.1, -0.05) is 228 Å². The van der Waals surface area contributed by atoms with Crippen molar-refractivity contribution in [1.82, 2.24) is 0 Å². The minimum atomic E-state index is -1.91. The number of rotatable bonds is 55. The van der Waals surface area contributed by atoms with E-state index in [4.69, 9.17) is 23.7 Å². The number of hydrogen-bond acceptors (Lipinski definition) is 11.